The average molecular weight is 210 g/mol. The third kappa shape index (κ3) is 2.27. The van der Waals surface area contributed by atoms with E-state index in [0.29, 0.717) is 30.8 Å². The van der Waals surface area contributed by atoms with Crippen LogP contribution in [0.25, 0.3) is 0 Å². The normalized spacial score (nSPS) is 20.7. The number of rotatable bonds is 2. The Kier molecular flexibility index (Phi) is 2.88. The summed E-state index contributed by atoms with van der Waals surface area (Å²) >= 11 is 0. The van der Waals surface area contributed by atoms with Crippen LogP contribution < -0.4 is 10.4 Å². The van der Waals surface area contributed by atoms with Crippen LogP contribution in [-0.2, 0) is 0 Å². The molecule has 6 heteroatoms. The maximum absolute atomic E-state index is 12.9. The maximum atomic E-state index is 12.9. The number of hydrogen-bond donors (Lipinski definition) is 2. The molecule has 1 saturated heterocycles. The summed E-state index contributed by atoms with van der Waals surface area (Å²) in [7, 11) is -1.50. The number of aromatic nitrogens is 1. The SMILES string of the molecule is OB(O)c1ccc(N2CC[C@@H](F)C2)nc1. The molecule has 0 spiro atoms. The summed E-state index contributed by atoms with van der Waals surface area (Å²) in [5.74, 6) is 0.680. The average Bonchev–Trinajstić information content (AvgIpc) is 2.65. The summed E-state index contributed by atoms with van der Waals surface area (Å²) in [6.45, 7) is 1.03. The van der Waals surface area contributed by atoms with Crippen LogP contribution in [0.2, 0.25) is 0 Å². The van der Waals surface area contributed by atoms with E-state index in [9.17, 15) is 4.39 Å². The zero-order chi connectivity index (χ0) is 10.8. The minimum absolute atomic E-state index is 0.342. The van der Waals surface area contributed by atoms with Crippen molar-refractivity contribution in [2.24, 2.45) is 0 Å². The topological polar surface area (TPSA) is 56.6 Å². The molecule has 15 heavy (non-hydrogen) atoms. The highest BCUT2D eigenvalue weighted by atomic mass is 19.1. The lowest BCUT2D eigenvalue weighted by Gasteiger charge is -2.16. The lowest BCUT2D eigenvalue weighted by Crippen LogP contribution is -2.31. The number of anilines is 1. The van der Waals surface area contributed by atoms with Gasteiger partial charge in [0.2, 0.25) is 0 Å². The van der Waals surface area contributed by atoms with Gasteiger partial charge in [-0.05, 0) is 12.5 Å². The minimum atomic E-state index is -1.50. The van der Waals surface area contributed by atoms with Crippen LogP contribution in [0.3, 0.4) is 0 Å². The Morgan fingerprint density at radius 3 is 2.73 bits per heavy atom. The van der Waals surface area contributed by atoms with Gasteiger partial charge in [-0.3, -0.25) is 0 Å². The maximum Gasteiger partial charge on any atom is 0.490 e. The van der Waals surface area contributed by atoms with Gasteiger partial charge in [0.05, 0.1) is 6.54 Å². The van der Waals surface area contributed by atoms with Crippen LogP contribution in [0.4, 0.5) is 10.2 Å². The van der Waals surface area contributed by atoms with E-state index in [4.69, 9.17) is 10.0 Å². The minimum Gasteiger partial charge on any atom is -0.423 e. The molecule has 1 aromatic rings. The van der Waals surface area contributed by atoms with Crippen LogP contribution in [0.1, 0.15) is 6.42 Å². The van der Waals surface area contributed by atoms with Gasteiger partial charge < -0.3 is 14.9 Å². The third-order valence-corrected chi connectivity index (χ3v) is 2.52. The van der Waals surface area contributed by atoms with Crippen molar-refractivity contribution in [1.82, 2.24) is 4.98 Å². The van der Waals surface area contributed by atoms with Crippen LogP contribution in [0.5, 0.6) is 0 Å². The molecule has 1 aliphatic heterocycles. The highest BCUT2D eigenvalue weighted by Gasteiger charge is 2.23. The molecule has 0 bridgehead atoms. The van der Waals surface area contributed by atoms with Gasteiger partial charge in [0.1, 0.15) is 12.0 Å². The van der Waals surface area contributed by atoms with Gasteiger partial charge in [0, 0.05) is 18.2 Å². The van der Waals surface area contributed by atoms with Crippen molar-refractivity contribution in [3.63, 3.8) is 0 Å². The summed E-state index contributed by atoms with van der Waals surface area (Å²) in [5, 5.41) is 17.7. The molecule has 1 fully saturated rings. The number of alkyl halides is 1. The van der Waals surface area contributed by atoms with E-state index in [1.807, 2.05) is 4.90 Å². The largest absolute Gasteiger partial charge is 0.490 e. The number of pyridine rings is 1. The van der Waals surface area contributed by atoms with E-state index >= 15 is 0 Å². The van der Waals surface area contributed by atoms with Crippen molar-refractivity contribution in [3.05, 3.63) is 18.3 Å². The zero-order valence-electron chi connectivity index (χ0n) is 8.17. The standard InChI is InChI=1S/C9H12BFN2O2/c11-8-3-4-13(6-8)9-2-1-7(5-12-9)10(14)15/h1-2,5,8,14-15H,3-4,6H2/t8-/m1/s1. The predicted molar refractivity (Wildman–Crippen MR) is 55.8 cm³/mol. The summed E-state index contributed by atoms with van der Waals surface area (Å²) in [5.41, 5.74) is 0.342. The van der Waals surface area contributed by atoms with Gasteiger partial charge in [0.15, 0.2) is 0 Å². The summed E-state index contributed by atoms with van der Waals surface area (Å²) < 4.78 is 12.9. The van der Waals surface area contributed by atoms with E-state index in [1.165, 1.54) is 6.20 Å². The fourth-order valence-corrected chi connectivity index (χ4v) is 1.66. The molecular formula is C9H12BFN2O2. The fourth-order valence-electron chi connectivity index (χ4n) is 1.66. The first-order chi connectivity index (χ1) is 7.16. The summed E-state index contributed by atoms with van der Waals surface area (Å²) in [4.78, 5) is 5.90. The molecule has 2 rings (SSSR count). The van der Waals surface area contributed by atoms with Crippen LogP contribution >= 0.6 is 0 Å². The Labute approximate surface area is 87.5 Å². The molecule has 1 aromatic heterocycles. The van der Waals surface area contributed by atoms with Gasteiger partial charge in [-0.15, -0.1) is 0 Å². The van der Waals surface area contributed by atoms with Gasteiger partial charge in [0.25, 0.3) is 0 Å². The van der Waals surface area contributed by atoms with E-state index in [0.717, 1.165) is 0 Å². The number of hydrogen-bond acceptors (Lipinski definition) is 4. The van der Waals surface area contributed by atoms with Crippen molar-refractivity contribution in [2.75, 3.05) is 18.0 Å². The highest BCUT2D eigenvalue weighted by Crippen LogP contribution is 2.18. The smallest absolute Gasteiger partial charge is 0.423 e. The second-order valence-electron chi connectivity index (χ2n) is 3.66. The van der Waals surface area contributed by atoms with Crippen molar-refractivity contribution >= 4 is 18.4 Å². The molecule has 0 saturated carbocycles. The Morgan fingerprint density at radius 2 is 2.27 bits per heavy atom. The Balaban J connectivity index is 2.10. The molecule has 2 heterocycles. The number of halogens is 1. The first-order valence-electron chi connectivity index (χ1n) is 4.88. The van der Waals surface area contributed by atoms with E-state index < -0.39 is 13.3 Å². The Bertz CT molecular complexity index is 333. The molecule has 80 valence electrons. The lowest BCUT2D eigenvalue weighted by molar-refractivity contribution is 0.364. The van der Waals surface area contributed by atoms with Crippen LogP contribution in [-0.4, -0.2) is 41.4 Å². The van der Waals surface area contributed by atoms with Crippen molar-refractivity contribution in [3.8, 4) is 0 Å². The van der Waals surface area contributed by atoms with E-state index in [-0.39, 0.29) is 0 Å². The lowest BCUT2D eigenvalue weighted by atomic mass is 9.82. The Hall–Kier alpha value is -1.14. The second kappa shape index (κ2) is 4.16. The van der Waals surface area contributed by atoms with Crippen molar-refractivity contribution < 1.29 is 14.4 Å². The molecule has 0 radical (unpaired) electrons. The van der Waals surface area contributed by atoms with Crippen molar-refractivity contribution in [2.45, 2.75) is 12.6 Å². The molecule has 0 aromatic carbocycles. The predicted octanol–water partition coefficient (Wildman–Crippen LogP) is -0.690. The molecule has 4 nitrogen and oxygen atoms in total. The Morgan fingerprint density at radius 1 is 1.47 bits per heavy atom. The number of nitrogens with zero attached hydrogens (tertiary/aromatic N) is 2. The zero-order valence-corrected chi connectivity index (χ0v) is 8.17. The molecular weight excluding hydrogens is 198 g/mol. The van der Waals surface area contributed by atoms with E-state index in [2.05, 4.69) is 4.98 Å². The van der Waals surface area contributed by atoms with Crippen LogP contribution in [0, 0.1) is 0 Å². The molecule has 0 amide bonds. The quantitative estimate of drug-likeness (QED) is 0.634. The van der Waals surface area contributed by atoms with Gasteiger partial charge in [-0.2, -0.15) is 0 Å². The first kappa shape index (κ1) is 10.4. The summed E-state index contributed by atoms with van der Waals surface area (Å²) in [6, 6.07) is 3.26. The van der Waals surface area contributed by atoms with E-state index in [1.54, 1.807) is 12.1 Å². The first-order valence-corrected chi connectivity index (χ1v) is 4.88. The molecule has 0 unspecified atom stereocenters. The molecule has 0 aliphatic carbocycles. The van der Waals surface area contributed by atoms with Crippen molar-refractivity contribution in [1.29, 1.82) is 0 Å². The molecule has 1 aliphatic rings. The van der Waals surface area contributed by atoms with Crippen LogP contribution in [0.15, 0.2) is 18.3 Å². The molecule has 1 atom stereocenters. The summed E-state index contributed by atoms with van der Waals surface area (Å²) in [6.07, 6.45) is 1.15. The monoisotopic (exact) mass is 210 g/mol. The molecule has 2 N–H and O–H groups in total. The third-order valence-electron chi connectivity index (χ3n) is 2.52. The second-order valence-corrected chi connectivity index (χ2v) is 3.66. The van der Waals surface area contributed by atoms with Gasteiger partial charge in [-0.1, -0.05) is 6.07 Å². The highest BCUT2D eigenvalue weighted by molar-refractivity contribution is 6.58. The fraction of sp³-hybridized carbons (Fsp3) is 0.444. The van der Waals surface area contributed by atoms with Gasteiger partial charge in [-0.25, -0.2) is 9.37 Å². The van der Waals surface area contributed by atoms with Gasteiger partial charge >= 0.3 is 7.12 Å².